The van der Waals surface area contributed by atoms with Crippen LogP contribution in [-0.4, -0.2) is 7.11 Å². The normalized spacial score (nSPS) is 12.1. The number of hydrogen-bond donors (Lipinski definition) is 1. The van der Waals surface area contributed by atoms with Gasteiger partial charge in [0, 0.05) is 5.69 Å². The van der Waals surface area contributed by atoms with Crippen LogP contribution < -0.4 is 10.1 Å². The first-order valence-electron chi connectivity index (χ1n) is 6.07. The minimum Gasteiger partial charge on any atom is -0.496 e. The quantitative estimate of drug-likeness (QED) is 0.875. The highest BCUT2D eigenvalue weighted by molar-refractivity contribution is 6.30. The predicted octanol–water partition coefficient (Wildman–Crippen LogP) is 4.80. The van der Waals surface area contributed by atoms with Crippen molar-refractivity contribution in [2.24, 2.45) is 0 Å². The van der Waals surface area contributed by atoms with Crippen molar-refractivity contribution in [1.82, 2.24) is 0 Å². The van der Waals surface area contributed by atoms with Crippen molar-refractivity contribution in [3.8, 4) is 5.75 Å². The third-order valence-corrected chi connectivity index (χ3v) is 3.28. The number of methoxy groups -OCH3 is 1. The fourth-order valence-corrected chi connectivity index (χ4v) is 2.14. The van der Waals surface area contributed by atoms with E-state index in [1.165, 1.54) is 25.3 Å². The summed E-state index contributed by atoms with van der Waals surface area (Å²) < 4.78 is 32.5. The van der Waals surface area contributed by atoms with Crippen molar-refractivity contribution in [2.75, 3.05) is 12.4 Å². The van der Waals surface area contributed by atoms with E-state index in [1.807, 2.05) is 0 Å². The van der Waals surface area contributed by atoms with E-state index in [-0.39, 0.29) is 16.9 Å². The largest absolute Gasteiger partial charge is 0.496 e. The lowest BCUT2D eigenvalue weighted by atomic mass is 10.1. The molecule has 0 amide bonds. The number of ether oxygens (including phenoxy) is 1. The Hall–Kier alpha value is -1.81. The smallest absolute Gasteiger partial charge is 0.143 e. The molecule has 1 atom stereocenters. The summed E-state index contributed by atoms with van der Waals surface area (Å²) in [7, 11) is 1.48. The van der Waals surface area contributed by atoms with Gasteiger partial charge in [-0.15, -0.1) is 0 Å². The predicted molar refractivity (Wildman–Crippen MR) is 76.4 cm³/mol. The maximum Gasteiger partial charge on any atom is 0.143 e. The monoisotopic (exact) mass is 297 g/mol. The maximum absolute atomic E-state index is 13.9. The first-order chi connectivity index (χ1) is 9.52. The Labute approximate surface area is 121 Å². The van der Waals surface area contributed by atoms with Gasteiger partial charge in [-0.3, -0.25) is 0 Å². The molecule has 1 N–H and O–H groups in total. The van der Waals surface area contributed by atoms with Crippen LogP contribution in [0.5, 0.6) is 5.75 Å². The standard InChI is InChI=1S/C15H14ClF2NO/c1-9(15-12(17)4-3-5-14(15)20-2)19-10-6-7-11(16)13(18)8-10/h3-9,19H,1-2H3. The van der Waals surface area contributed by atoms with Gasteiger partial charge in [0.2, 0.25) is 0 Å². The second-order valence-electron chi connectivity index (χ2n) is 4.35. The van der Waals surface area contributed by atoms with Crippen LogP contribution in [0.3, 0.4) is 0 Å². The second kappa shape index (κ2) is 6.09. The molecule has 0 heterocycles. The van der Waals surface area contributed by atoms with Gasteiger partial charge in [-0.1, -0.05) is 17.7 Å². The van der Waals surface area contributed by atoms with E-state index in [9.17, 15) is 8.78 Å². The summed E-state index contributed by atoms with van der Waals surface area (Å²) in [6, 6.07) is 8.59. The Balaban J connectivity index is 2.28. The van der Waals surface area contributed by atoms with Gasteiger partial charge in [-0.2, -0.15) is 0 Å². The summed E-state index contributed by atoms with van der Waals surface area (Å²) in [6.07, 6.45) is 0. The molecule has 0 bridgehead atoms. The van der Waals surface area contributed by atoms with E-state index in [1.54, 1.807) is 25.1 Å². The molecule has 0 aliphatic carbocycles. The zero-order valence-corrected chi connectivity index (χ0v) is 11.8. The molecule has 0 aliphatic heterocycles. The molecule has 0 fully saturated rings. The van der Waals surface area contributed by atoms with Crippen LogP contribution in [0.1, 0.15) is 18.5 Å². The first kappa shape index (κ1) is 14.6. The molecule has 2 nitrogen and oxygen atoms in total. The number of hydrogen-bond acceptors (Lipinski definition) is 2. The molecular formula is C15H14ClF2NO. The topological polar surface area (TPSA) is 21.3 Å². The number of rotatable bonds is 4. The Morgan fingerprint density at radius 3 is 2.55 bits per heavy atom. The van der Waals surface area contributed by atoms with E-state index < -0.39 is 5.82 Å². The van der Waals surface area contributed by atoms with Gasteiger partial charge < -0.3 is 10.1 Å². The van der Waals surface area contributed by atoms with Crippen LogP contribution in [0, 0.1) is 11.6 Å². The third kappa shape index (κ3) is 3.02. The highest BCUT2D eigenvalue weighted by Gasteiger charge is 2.16. The number of halogens is 3. The van der Waals surface area contributed by atoms with E-state index in [0.717, 1.165) is 0 Å². The van der Waals surface area contributed by atoms with Gasteiger partial charge in [0.1, 0.15) is 17.4 Å². The molecule has 2 rings (SSSR count). The average molecular weight is 298 g/mol. The minimum absolute atomic E-state index is 0.0478. The Kier molecular flexibility index (Phi) is 4.45. The van der Waals surface area contributed by atoms with Crippen molar-refractivity contribution < 1.29 is 13.5 Å². The average Bonchev–Trinajstić information content (AvgIpc) is 2.42. The lowest BCUT2D eigenvalue weighted by molar-refractivity contribution is 0.402. The Morgan fingerprint density at radius 1 is 1.15 bits per heavy atom. The van der Waals surface area contributed by atoms with Crippen molar-refractivity contribution in [1.29, 1.82) is 0 Å². The molecule has 0 aliphatic rings. The molecule has 0 spiro atoms. The number of anilines is 1. The van der Waals surface area contributed by atoms with E-state index in [2.05, 4.69) is 5.32 Å². The fraction of sp³-hybridized carbons (Fsp3) is 0.200. The molecule has 0 aromatic heterocycles. The van der Waals surface area contributed by atoms with Crippen molar-refractivity contribution in [3.63, 3.8) is 0 Å². The Morgan fingerprint density at radius 2 is 1.90 bits per heavy atom. The third-order valence-electron chi connectivity index (χ3n) is 2.97. The fourth-order valence-electron chi connectivity index (χ4n) is 2.02. The van der Waals surface area contributed by atoms with Crippen molar-refractivity contribution in [2.45, 2.75) is 13.0 Å². The van der Waals surface area contributed by atoms with Crippen LogP contribution in [0.2, 0.25) is 5.02 Å². The summed E-state index contributed by atoms with van der Waals surface area (Å²) in [6.45, 7) is 1.77. The summed E-state index contributed by atoms with van der Waals surface area (Å²) in [5.74, 6) is -0.456. The van der Waals surface area contributed by atoms with Crippen LogP contribution in [0.4, 0.5) is 14.5 Å². The van der Waals surface area contributed by atoms with Gasteiger partial charge in [-0.05, 0) is 37.3 Å². The second-order valence-corrected chi connectivity index (χ2v) is 4.76. The van der Waals surface area contributed by atoms with E-state index in [0.29, 0.717) is 17.0 Å². The SMILES string of the molecule is COc1cccc(F)c1C(C)Nc1ccc(Cl)c(F)c1. The molecule has 0 saturated carbocycles. The van der Waals surface area contributed by atoms with Crippen molar-refractivity contribution >= 4 is 17.3 Å². The maximum atomic E-state index is 13.9. The minimum atomic E-state index is -0.524. The molecule has 5 heteroatoms. The summed E-state index contributed by atoms with van der Waals surface area (Å²) in [5, 5.41) is 3.07. The highest BCUT2D eigenvalue weighted by atomic mass is 35.5. The highest BCUT2D eigenvalue weighted by Crippen LogP contribution is 2.30. The summed E-state index contributed by atoms with van der Waals surface area (Å²) >= 11 is 5.62. The number of benzene rings is 2. The van der Waals surface area contributed by atoms with Crippen LogP contribution in [0.25, 0.3) is 0 Å². The van der Waals surface area contributed by atoms with Crippen LogP contribution in [0.15, 0.2) is 36.4 Å². The molecule has 1 unspecified atom stereocenters. The molecule has 106 valence electrons. The summed E-state index contributed by atoms with van der Waals surface area (Å²) in [4.78, 5) is 0. The molecule has 2 aromatic rings. The lowest BCUT2D eigenvalue weighted by Gasteiger charge is -2.19. The Bertz CT molecular complexity index is 619. The van der Waals surface area contributed by atoms with Gasteiger partial charge in [0.15, 0.2) is 0 Å². The number of nitrogens with one attached hydrogen (secondary N) is 1. The van der Waals surface area contributed by atoms with E-state index >= 15 is 0 Å². The zero-order chi connectivity index (χ0) is 14.7. The first-order valence-corrected chi connectivity index (χ1v) is 6.44. The lowest BCUT2D eigenvalue weighted by Crippen LogP contribution is -2.10. The molecule has 0 radical (unpaired) electrons. The van der Waals surface area contributed by atoms with Gasteiger partial charge in [0.25, 0.3) is 0 Å². The zero-order valence-electron chi connectivity index (χ0n) is 11.1. The van der Waals surface area contributed by atoms with Crippen molar-refractivity contribution in [3.05, 3.63) is 58.6 Å². The summed E-state index contributed by atoms with van der Waals surface area (Å²) in [5.41, 5.74) is 0.912. The van der Waals surface area contributed by atoms with Gasteiger partial charge >= 0.3 is 0 Å². The molecule has 0 saturated heterocycles. The van der Waals surface area contributed by atoms with Gasteiger partial charge in [-0.25, -0.2) is 8.78 Å². The molecule has 2 aromatic carbocycles. The van der Waals surface area contributed by atoms with E-state index in [4.69, 9.17) is 16.3 Å². The van der Waals surface area contributed by atoms with Crippen LogP contribution >= 0.6 is 11.6 Å². The molecule has 20 heavy (non-hydrogen) atoms. The van der Waals surface area contributed by atoms with Crippen LogP contribution in [-0.2, 0) is 0 Å². The van der Waals surface area contributed by atoms with Gasteiger partial charge in [0.05, 0.1) is 23.7 Å². The molecular weight excluding hydrogens is 284 g/mol.